The standard InChI is InChI=1S/C15H11FO3/c1-19-15(18)12-4-2-3-11(7-12)13-5-10(9-17)6-14(16)8-13/h2-9H,1H3. The van der Waals surface area contributed by atoms with Crippen LogP contribution in [0, 0.1) is 5.82 Å². The minimum Gasteiger partial charge on any atom is -0.465 e. The summed E-state index contributed by atoms with van der Waals surface area (Å²) < 4.78 is 18.0. The molecule has 0 bridgehead atoms. The molecular weight excluding hydrogens is 247 g/mol. The van der Waals surface area contributed by atoms with Crippen LogP contribution in [0.5, 0.6) is 0 Å². The van der Waals surface area contributed by atoms with Crippen LogP contribution >= 0.6 is 0 Å². The summed E-state index contributed by atoms with van der Waals surface area (Å²) in [7, 11) is 1.29. The summed E-state index contributed by atoms with van der Waals surface area (Å²) in [4.78, 5) is 22.2. The maximum atomic E-state index is 13.4. The molecule has 96 valence electrons. The molecule has 0 saturated carbocycles. The molecule has 0 atom stereocenters. The van der Waals surface area contributed by atoms with Gasteiger partial charge < -0.3 is 4.74 Å². The molecule has 0 fully saturated rings. The molecule has 0 aliphatic carbocycles. The number of halogens is 1. The molecule has 4 heteroatoms. The normalized spacial score (nSPS) is 10.0. The highest BCUT2D eigenvalue weighted by molar-refractivity contribution is 5.91. The summed E-state index contributed by atoms with van der Waals surface area (Å²) in [6, 6.07) is 10.6. The highest BCUT2D eigenvalue weighted by Crippen LogP contribution is 2.23. The fourth-order valence-corrected chi connectivity index (χ4v) is 1.79. The van der Waals surface area contributed by atoms with Crippen LogP contribution in [-0.2, 0) is 4.74 Å². The molecular formula is C15H11FO3. The van der Waals surface area contributed by atoms with E-state index in [1.54, 1.807) is 30.3 Å². The van der Waals surface area contributed by atoms with E-state index in [1.165, 1.54) is 13.2 Å². The van der Waals surface area contributed by atoms with Crippen molar-refractivity contribution in [2.24, 2.45) is 0 Å². The maximum absolute atomic E-state index is 13.4. The van der Waals surface area contributed by atoms with Gasteiger partial charge in [-0.25, -0.2) is 9.18 Å². The lowest BCUT2D eigenvalue weighted by atomic mass is 10.0. The van der Waals surface area contributed by atoms with Crippen LogP contribution in [0.2, 0.25) is 0 Å². The Morgan fingerprint density at radius 3 is 2.63 bits per heavy atom. The lowest BCUT2D eigenvalue weighted by Gasteiger charge is -2.05. The van der Waals surface area contributed by atoms with E-state index in [0.29, 0.717) is 23.0 Å². The molecule has 3 nitrogen and oxygen atoms in total. The summed E-state index contributed by atoms with van der Waals surface area (Å²) in [6.45, 7) is 0. The molecule has 2 rings (SSSR count). The third-order valence-corrected chi connectivity index (χ3v) is 2.67. The van der Waals surface area contributed by atoms with Crippen molar-refractivity contribution in [2.45, 2.75) is 0 Å². The Labute approximate surface area is 109 Å². The van der Waals surface area contributed by atoms with Gasteiger partial charge in [-0.3, -0.25) is 4.79 Å². The van der Waals surface area contributed by atoms with Gasteiger partial charge in [0.2, 0.25) is 0 Å². The van der Waals surface area contributed by atoms with Crippen molar-refractivity contribution in [1.29, 1.82) is 0 Å². The number of ether oxygens (including phenoxy) is 1. The van der Waals surface area contributed by atoms with Gasteiger partial charge in [0.05, 0.1) is 12.7 Å². The third kappa shape index (κ3) is 2.85. The van der Waals surface area contributed by atoms with Gasteiger partial charge in [0.25, 0.3) is 0 Å². The summed E-state index contributed by atoms with van der Waals surface area (Å²) >= 11 is 0. The van der Waals surface area contributed by atoms with Gasteiger partial charge >= 0.3 is 5.97 Å². The zero-order valence-electron chi connectivity index (χ0n) is 10.2. The Morgan fingerprint density at radius 2 is 1.95 bits per heavy atom. The van der Waals surface area contributed by atoms with E-state index in [0.717, 1.165) is 6.07 Å². The molecule has 2 aromatic carbocycles. The van der Waals surface area contributed by atoms with Crippen molar-refractivity contribution in [3.8, 4) is 11.1 Å². The lowest BCUT2D eigenvalue weighted by molar-refractivity contribution is 0.0600. The molecule has 0 unspecified atom stereocenters. The molecule has 0 aromatic heterocycles. The SMILES string of the molecule is COC(=O)c1cccc(-c2cc(F)cc(C=O)c2)c1. The Bertz CT molecular complexity index is 635. The number of hydrogen-bond acceptors (Lipinski definition) is 3. The average Bonchev–Trinajstić information content (AvgIpc) is 2.45. The lowest BCUT2D eigenvalue weighted by Crippen LogP contribution is -2.00. The highest BCUT2D eigenvalue weighted by Gasteiger charge is 2.08. The Balaban J connectivity index is 2.49. The van der Waals surface area contributed by atoms with Crippen LogP contribution in [0.4, 0.5) is 4.39 Å². The Kier molecular flexibility index (Phi) is 3.71. The monoisotopic (exact) mass is 258 g/mol. The first-order valence-electron chi connectivity index (χ1n) is 5.58. The van der Waals surface area contributed by atoms with Gasteiger partial charge in [0.15, 0.2) is 0 Å². The predicted octanol–water partition coefficient (Wildman–Crippen LogP) is 3.09. The van der Waals surface area contributed by atoms with E-state index in [4.69, 9.17) is 0 Å². The molecule has 0 spiro atoms. The number of benzene rings is 2. The van der Waals surface area contributed by atoms with Gasteiger partial charge in [-0.05, 0) is 41.5 Å². The van der Waals surface area contributed by atoms with Crippen LogP contribution in [0.1, 0.15) is 20.7 Å². The number of carbonyl (C=O) groups is 2. The predicted molar refractivity (Wildman–Crippen MR) is 68.6 cm³/mol. The second kappa shape index (κ2) is 5.44. The number of aldehydes is 1. The first-order valence-corrected chi connectivity index (χ1v) is 5.58. The van der Waals surface area contributed by atoms with Crippen molar-refractivity contribution in [3.05, 3.63) is 59.4 Å². The molecule has 19 heavy (non-hydrogen) atoms. The molecule has 0 N–H and O–H groups in total. The minimum atomic E-state index is -0.497. The molecule has 0 heterocycles. The van der Waals surface area contributed by atoms with Crippen molar-refractivity contribution >= 4 is 12.3 Å². The van der Waals surface area contributed by atoms with Gasteiger partial charge in [-0.1, -0.05) is 12.1 Å². The van der Waals surface area contributed by atoms with Crippen LogP contribution in [0.15, 0.2) is 42.5 Å². The van der Waals surface area contributed by atoms with Gasteiger partial charge in [0.1, 0.15) is 12.1 Å². The van der Waals surface area contributed by atoms with Crippen molar-refractivity contribution in [3.63, 3.8) is 0 Å². The number of carbonyl (C=O) groups excluding carboxylic acids is 2. The summed E-state index contributed by atoms with van der Waals surface area (Å²) in [5.41, 5.74) is 1.80. The van der Waals surface area contributed by atoms with E-state index in [1.807, 2.05) is 0 Å². The number of esters is 1. The molecule has 0 radical (unpaired) electrons. The quantitative estimate of drug-likeness (QED) is 0.627. The van der Waals surface area contributed by atoms with E-state index in [9.17, 15) is 14.0 Å². The first kappa shape index (κ1) is 13.0. The highest BCUT2D eigenvalue weighted by atomic mass is 19.1. The second-order valence-corrected chi connectivity index (χ2v) is 3.96. The number of rotatable bonds is 3. The second-order valence-electron chi connectivity index (χ2n) is 3.96. The maximum Gasteiger partial charge on any atom is 0.337 e. The summed E-state index contributed by atoms with van der Waals surface area (Å²) in [6.07, 6.45) is 0.580. The summed E-state index contributed by atoms with van der Waals surface area (Å²) in [5.74, 6) is -0.961. The van der Waals surface area contributed by atoms with Crippen LogP contribution < -0.4 is 0 Å². The summed E-state index contributed by atoms with van der Waals surface area (Å²) in [5, 5.41) is 0. The topological polar surface area (TPSA) is 43.4 Å². The Hall–Kier alpha value is -2.49. The zero-order chi connectivity index (χ0) is 13.8. The van der Waals surface area contributed by atoms with Crippen LogP contribution in [0.25, 0.3) is 11.1 Å². The number of methoxy groups -OCH3 is 1. The van der Waals surface area contributed by atoms with Crippen LogP contribution in [0.3, 0.4) is 0 Å². The van der Waals surface area contributed by atoms with E-state index < -0.39 is 11.8 Å². The van der Waals surface area contributed by atoms with E-state index in [-0.39, 0.29) is 5.56 Å². The zero-order valence-corrected chi connectivity index (χ0v) is 10.2. The number of hydrogen-bond donors (Lipinski definition) is 0. The van der Waals surface area contributed by atoms with Crippen LogP contribution in [-0.4, -0.2) is 19.4 Å². The van der Waals surface area contributed by atoms with Crippen molar-refractivity contribution < 1.29 is 18.7 Å². The minimum absolute atomic E-state index is 0.249. The molecule has 0 aliphatic heterocycles. The van der Waals surface area contributed by atoms with Crippen molar-refractivity contribution in [2.75, 3.05) is 7.11 Å². The van der Waals surface area contributed by atoms with Gasteiger partial charge in [0, 0.05) is 5.56 Å². The fraction of sp³-hybridized carbons (Fsp3) is 0.0667. The smallest absolute Gasteiger partial charge is 0.337 e. The fourth-order valence-electron chi connectivity index (χ4n) is 1.79. The van der Waals surface area contributed by atoms with Gasteiger partial charge in [-0.2, -0.15) is 0 Å². The third-order valence-electron chi connectivity index (χ3n) is 2.67. The average molecular weight is 258 g/mol. The van der Waals surface area contributed by atoms with E-state index >= 15 is 0 Å². The van der Waals surface area contributed by atoms with Gasteiger partial charge in [-0.15, -0.1) is 0 Å². The molecule has 0 aliphatic rings. The first-order chi connectivity index (χ1) is 9.13. The Morgan fingerprint density at radius 1 is 1.16 bits per heavy atom. The molecule has 0 amide bonds. The van der Waals surface area contributed by atoms with Crippen molar-refractivity contribution in [1.82, 2.24) is 0 Å². The largest absolute Gasteiger partial charge is 0.465 e. The molecule has 0 saturated heterocycles. The molecule has 2 aromatic rings. The van der Waals surface area contributed by atoms with E-state index in [2.05, 4.69) is 4.74 Å².